The van der Waals surface area contributed by atoms with E-state index in [1.165, 1.54) is 11.1 Å². The van der Waals surface area contributed by atoms with Crippen LogP contribution in [0.25, 0.3) is 0 Å². The molecule has 0 unspecified atom stereocenters. The number of hydrogen-bond donors (Lipinski definition) is 0. The summed E-state index contributed by atoms with van der Waals surface area (Å²) in [6.07, 6.45) is 0.782. The van der Waals surface area contributed by atoms with Crippen LogP contribution in [0.1, 0.15) is 24.5 Å². The second-order valence-electron chi connectivity index (χ2n) is 3.40. The van der Waals surface area contributed by atoms with Crippen LogP contribution < -0.4 is 4.74 Å². The third-order valence-corrected chi connectivity index (χ3v) is 3.33. The molecule has 0 N–H and O–H groups in total. The summed E-state index contributed by atoms with van der Waals surface area (Å²) in [7, 11) is 0. The second-order valence-corrected chi connectivity index (χ2v) is 4.19. The van der Waals surface area contributed by atoms with E-state index < -0.39 is 0 Å². The van der Waals surface area contributed by atoms with Crippen molar-refractivity contribution in [2.24, 2.45) is 0 Å². The van der Waals surface area contributed by atoms with E-state index in [0.717, 1.165) is 16.6 Å². The van der Waals surface area contributed by atoms with Gasteiger partial charge in [-0.25, -0.2) is 0 Å². The van der Waals surface area contributed by atoms with Crippen LogP contribution in [0.5, 0.6) is 5.75 Å². The maximum absolute atomic E-state index is 5.60. The van der Waals surface area contributed by atoms with Gasteiger partial charge in [0.1, 0.15) is 5.75 Å². The zero-order chi connectivity index (χ0) is 11.3. The minimum atomic E-state index is 0.654. The minimum Gasteiger partial charge on any atom is -0.493 e. The summed E-state index contributed by atoms with van der Waals surface area (Å²) in [6, 6.07) is 4.08. The van der Waals surface area contributed by atoms with Gasteiger partial charge < -0.3 is 4.74 Å². The number of halogens is 1. The molecule has 0 atom stereocenters. The summed E-state index contributed by atoms with van der Waals surface area (Å²) in [4.78, 5) is 0. The van der Waals surface area contributed by atoms with Crippen molar-refractivity contribution in [2.75, 3.05) is 6.61 Å². The Morgan fingerprint density at radius 2 is 1.87 bits per heavy atom. The molecule has 2 heteroatoms. The zero-order valence-corrected chi connectivity index (χ0v) is 10.9. The molecule has 0 amide bonds. The second kappa shape index (κ2) is 5.82. The molecule has 0 aliphatic rings. The van der Waals surface area contributed by atoms with Crippen molar-refractivity contribution in [3.63, 3.8) is 0 Å². The molecule has 0 aliphatic carbocycles. The fourth-order valence-electron chi connectivity index (χ4n) is 1.33. The highest BCUT2D eigenvalue weighted by Crippen LogP contribution is 2.26. The van der Waals surface area contributed by atoms with Crippen LogP contribution in [0.4, 0.5) is 0 Å². The highest BCUT2D eigenvalue weighted by atomic mass is 79.9. The smallest absolute Gasteiger partial charge is 0.119 e. The van der Waals surface area contributed by atoms with E-state index in [2.05, 4.69) is 41.6 Å². The van der Waals surface area contributed by atoms with Gasteiger partial charge in [-0.3, -0.25) is 0 Å². The van der Waals surface area contributed by atoms with Gasteiger partial charge in [0.25, 0.3) is 0 Å². The molecule has 1 aromatic rings. The Hall–Kier alpha value is -0.940. The Balaban J connectivity index is 2.65. The zero-order valence-electron chi connectivity index (χ0n) is 9.36. The average molecular weight is 267 g/mol. The lowest BCUT2D eigenvalue weighted by Crippen LogP contribution is -1.97. The molecule has 1 rings (SSSR count). The summed E-state index contributed by atoms with van der Waals surface area (Å²) in [6.45, 7) is 6.63. The van der Waals surface area contributed by atoms with Gasteiger partial charge in [-0.2, -0.15) is 0 Å². The Morgan fingerprint density at radius 1 is 1.27 bits per heavy atom. The summed E-state index contributed by atoms with van der Waals surface area (Å²) in [5.41, 5.74) is 2.40. The largest absolute Gasteiger partial charge is 0.493 e. The van der Waals surface area contributed by atoms with Crippen LogP contribution in [0.3, 0.4) is 0 Å². The van der Waals surface area contributed by atoms with E-state index in [1.807, 2.05) is 19.1 Å². The molecule has 1 aromatic carbocycles. The van der Waals surface area contributed by atoms with Gasteiger partial charge in [0.05, 0.1) is 6.61 Å². The van der Waals surface area contributed by atoms with Crippen LogP contribution >= 0.6 is 15.9 Å². The quantitative estimate of drug-likeness (QED) is 0.597. The van der Waals surface area contributed by atoms with Crippen molar-refractivity contribution in [3.8, 4) is 17.6 Å². The topological polar surface area (TPSA) is 9.23 Å². The first-order chi connectivity index (χ1) is 7.15. The van der Waals surface area contributed by atoms with Gasteiger partial charge in [0, 0.05) is 10.9 Å². The third kappa shape index (κ3) is 3.60. The van der Waals surface area contributed by atoms with Crippen molar-refractivity contribution in [2.45, 2.75) is 27.2 Å². The molecule has 15 heavy (non-hydrogen) atoms. The predicted molar refractivity (Wildman–Crippen MR) is 67.2 cm³/mol. The third-order valence-electron chi connectivity index (χ3n) is 2.08. The molecule has 0 saturated heterocycles. The van der Waals surface area contributed by atoms with Gasteiger partial charge in [-0.05, 0) is 44.0 Å². The number of ether oxygens (including phenoxy) is 1. The van der Waals surface area contributed by atoms with Crippen molar-refractivity contribution in [1.82, 2.24) is 0 Å². The molecular weight excluding hydrogens is 252 g/mol. The molecular formula is C13H15BrO. The molecule has 0 radical (unpaired) electrons. The maximum atomic E-state index is 5.60. The minimum absolute atomic E-state index is 0.654. The lowest BCUT2D eigenvalue weighted by molar-refractivity contribution is 0.326. The lowest BCUT2D eigenvalue weighted by atomic mass is 10.1. The van der Waals surface area contributed by atoms with Gasteiger partial charge in [-0.15, -0.1) is 11.8 Å². The van der Waals surface area contributed by atoms with E-state index in [1.54, 1.807) is 0 Å². The monoisotopic (exact) mass is 266 g/mol. The van der Waals surface area contributed by atoms with Crippen molar-refractivity contribution in [3.05, 3.63) is 27.7 Å². The summed E-state index contributed by atoms with van der Waals surface area (Å²) in [5, 5.41) is 0. The van der Waals surface area contributed by atoms with Crippen LogP contribution in [0, 0.1) is 25.7 Å². The van der Waals surface area contributed by atoms with Gasteiger partial charge in [0.15, 0.2) is 0 Å². The van der Waals surface area contributed by atoms with Crippen molar-refractivity contribution in [1.29, 1.82) is 0 Å². The fraction of sp³-hybridized carbons (Fsp3) is 0.385. The summed E-state index contributed by atoms with van der Waals surface area (Å²) >= 11 is 3.53. The van der Waals surface area contributed by atoms with Crippen LogP contribution in [0.2, 0.25) is 0 Å². The number of rotatable bonds is 3. The van der Waals surface area contributed by atoms with E-state index in [4.69, 9.17) is 4.74 Å². The van der Waals surface area contributed by atoms with E-state index in [0.29, 0.717) is 6.61 Å². The highest BCUT2D eigenvalue weighted by Gasteiger charge is 2.02. The maximum Gasteiger partial charge on any atom is 0.119 e. The lowest BCUT2D eigenvalue weighted by Gasteiger charge is -2.08. The first kappa shape index (κ1) is 12.1. The molecule has 0 saturated carbocycles. The summed E-state index contributed by atoms with van der Waals surface area (Å²) in [5.74, 6) is 6.75. The Morgan fingerprint density at radius 3 is 2.40 bits per heavy atom. The number of hydrogen-bond acceptors (Lipinski definition) is 1. The predicted octanol–water partition coefficient (Wildman–Crippen LogP) is 3.86. The average Bonchev–Trinajstić information content (AvgIpc) is 2.21. The summed E-state index contributed by atoms with van der Waals surface area (Å²) < 4.78 is 6.76. The Bertz CT molecular complexity index is 376. The van der Waals surface area contributed by atoms with Crippen molar-refractivity contribution < 1.29 is 4.74 Å². The van der Waals surface area contributed by atoms with Crippen molar-refractivity contribution >= 4 is 15.9 Å². The first-order valence-electron chi connectivity index (χ1n) is 4.94. The fourth-order valence-corrected chi connectivity index (χ4v) is 1.56. The number of aryl methyl sites for hydroxylation is 2. The van der Waals surface area contributed by atoms with Crippen LogP contribution in [0.15, 0.2) is 16.6 Å². The molecule has 1 nitrogen and oxygen atoms in total. The molecule has 0 aromatic heterocycles. The van der Waals surface area contributed by atoms with E-state index in [9.17, 15) is 0 Å². The molecule has 0 heterocycles. The first-order valence-corrected chi connectivity index (χ1v) is 5.73. The SMILES string of the molecule is CC#CCCOc1cc(C)c(Br)c(C)c1. The van der Waals surface area contributed by atoms with Crippen LogP contribution in [-0.4, -0.2) is 6.61 Å². The molecule has 0 aliphatic heterocycles. The Labute approximate surface area is 100.0 Å². The van der Waals surface area contributed by atoms with E-state index in [-0.39, 0.29) is 0 Å². The molecule has 80 valence electrons. The van der Waals surface area contributed by atoms with Gasteiger partial charge >= 0.3 is 0 Å². The van der Waals surface area contributed by atoms with Gasteiger partial charge in [-0.1, -0.05) is 15.9 Å². The van der Waals surface area contributed by atoms with Gasteiger partial charge in [0.2, 0.25) is 0 Å². The molecule has 0 bridgehead atoms. The normalized spacial score (nSPS) is 9.33. The molecule has 0 spiro atoms. The standard InChI is InChI=1S/C13H15BrO/c1-4-5-6-7-15-12-8-10(2)13(14)11(3)9-12/h8-9H,6-7H2,1-3H3. The Kier molecular flexibility index (Phi) is 4.71. The highest BCUT2D eigenvalue weighted by molar-refractivity contribution is 9.10. The number of benzene rings is 1. The van der Waals surface area contributed by atoms with Crippen LogP contribution in [-0.2, 0) is 0 Å². The molecule has 0 fully saturated rings. The van der Waals surface area contributed by atoms with E-state index >= 15 is 0 Å².